The number of nitrogens with zero attached hydrogens (tertiary/aromatic N) is 4. The third-order valence-electron chi connectivity index (χ3n) is 5.43. The molecule has 1 aliphatic heterocycles. The molecule has 4 rings (SSSR count). The monoisotopic (exact) mass is 370 g/mol. The first-order valence-electron chi connectivity index (χ1n) is 9.53. The number of piperidine rings is 1. The molecule has 1 saturated heterocycles. The summed E-state index contributed by atoms with van der Waals surface area (Å²) in [6.07, 6.45) is 3.12. The van der Waals surface area contributed by atoms with Crippen molar-refractivity contribution in [2.45, 2.75) is 33.4 Å². The molecule has 27 heavy (non-hydrogen) atoms. The summed E-state index contributed by atoms with van der Waals surface area (Å²) < 4.78 is 12.0. The smallest absolute Gasteiger partial charge is 0.341 e. The van der Waals surface area contributed by atoms with Crippen LogP contribution in [0.15, 0.2) is 18.3 Å². The van der Waals surface area contributed by atoms with Crippen LogP contribution in [0.4, 0.5) is 5.82 Å². The maximum absolute atomic E-state index is 12.1. The number of aromatic nitrogens is 3. The number of rotatable bonds is 7. The Labute approximate surface area is 159 Å². The van der Waals surface area contributed by atoms with Crippen molar-refractivity contribution in [2.24, 2.45) is 11.8 Å². The molecule has 2 aliphatic rings. The van der Waals surface area contributed by atoms with E-state index in [4.69, 9.17) is 14.5 Å². The van der Waals surface area contributed by atoms with Crippen LogP contribution in [0.2, 0.25) is 0 Å². The Balaban J connectivity index is 1.51. The van der Waals surface area contributed by atoms with Crippen molar-refractivity contribution in [3.05, 3.63) is 40.8 Å². The molecule has 144 valence electrons. The number of hydrogen-bond acceptors (Lipinski definition) is 6. The van der Waals surface area contributed by atoms with E-state index in [1.165, 1.54) is 6.42 Å². The molecule has 0 N–H and O–H groups in total. The maximum Gasteiger partial charge on any atom is 0.341 e. The van der Waals surface area contributed by atoms with Crippen molar-refractivity contribution in [1.29, 1.82) is 0 Å². The number of ether oxygens (including phenoxy) is 2. The second-order valence-electron chi connectivity index (χ2n) is 7.42. The number of carbonyl (C=O) groups excluding carboxylic acids is 1. The Morgan fingerprint density at radius 1 is 1.30 bits per heavy atom. The summed E-state index contributed by atoms with van der Waals surface area (Å²) in [5, 5.41) is 4.51. The summed E-state index contributed by atoms with van der Waals surface area (Å²) in [7, 11) is 1.59. The fourth-order valence-corrected chi connectivity index (χ4v) is 3.84. The van der Waals surface area contributed by atoms with E-state index in [9.17, 15) is 4.79 Å². The largest absolute Gasteiger partial charge is 0.462 e. The van der Waals surface area contributed by atoms with Crippen LogP contribution < -0.4 is 4.90 Å². The van der Waals surface area contributed by atoms with Crippen LogP contribution in [-0.4, -0.2) is 47.5 Å². The van der Waals surface area contributed by atoms with Crippen LogP contribution in [0, 0.1) is 18.8 Å². The zero-order chi connectivity index (χ0) is 19.0. The van der Waals surface area contributed by atoms with Gasteiger partial charge in [0.05, 0.1) is 19.8 Å². The van der Waals surface area contributed by atoms with Crippen molar-refractivity contribution < 1.29 is 14.3 Å². The van der Waals surface area contributed by atoms with Gasteiger partial charge >= 0.3 is 5.97 Å². The van der Waals surface area contributed by atoms with Gasteiger partial charge in [0.2, 0.25) is 0 Å². The van der Waals surface area contributed by atoms with Gasteiger partial charge in [0.25, 0.3) is 0 Å². The van der Waals surface area contributed by atoms with E-state index in [1.54, 1.807) is 24.9 Å². The molecular formula is C20H26N4O3. The second kappa shape index (κ2) is 7.31. The maximum atomic E-state index is 12.1. The van der Waals surface area contributed by atoms with Crippen LogP contribution in [-0.2, 0) is 22.6 Å². The lowest BCUT2D eigenvalue weighted by Gasteiger charge is -2.20. The van der Waals surface area contributed by atoms with Crippen molar-refractivity contribution in [3.8, 4) is 0 Å². The molecule has 1 saturated carbocycles. The summed E-state index contributed by atoms with van der Waals surface area (Å²) in [6.45, 7) is 7.26. The highest BCUT2D eigenvalue weighted by Crippen LogP contribution is 2.45. The predicted molar refractivity (Wildman–Crippen MR) is 101 cm³/mol. The van der Waals surface area contributed by atoms with E-state index in [-0.39, 0.29) is 12.6 Å². The number of aryl methyl sites for hydroxylation is 1. The minimum absolute atomic E-state index is 0.272. The Hall–Kier alpha value is -2.41. The van der Waals surface area contributed by atoms with E-state index in [0.29, 0.717) is 24.4 Å². The minimum atomic E-state index is -0.367. The normalized spacial score (nSPS) is 20.6. The second-order valence-corrected chi connectivity index (χ2v) is 7.42. The van der Waals surface area contributed by atoms with Crippen molar-refractivity contribution >= 4 is 11.8 Å². The molecule has 2 unspecified atom stereocenters. The summed E-state index contributed by atoms with van der Waals surface area (Å²) in [5.41, 5.74) is 3.13. The van der Waals surface area contributed by atoms with Crippen molar-refractivity contribution in [2.75, 3.05) is 31.7 Å². The predicted octanol–water partition coefficient (Wildman–Crippen LogP) is 2.41. The van der Waals surface area contributed by atoms with E-state index in [2.05, 4.69) is 22.1 Å². The van der Waals surface area contributed by atoms with E-state index in [1.807, 2.05) is 6.92 Å². The lowest BCUT2D eigenvalue weighted by Crippen LogP contribution is -2.23. The lowest BCUT2D eigenvalue weighted by molar-refractivity contribution is 0.0521. The quantitative estimate of drug-likeness (QED) is 0.697. The first kappa shape index (κ1) is 18.0. The molecule has 0 bridgehead atoms. The number of pyridine rings is 1. The highest BCUT2D eigenvalue weighted by molar-refractivity contribution is 5.90. The number of methoxy groups -OCH3 is 1. The molecule has 0 amide bonds. The summed E-state index contributed by atoms with van der Waals surface area (Å²) in [6, 6.07) is 4.21. The van der Waals surface area contributed by atoms with Crippen molar-refractivity contribution in [3.63, 3.8) is 0 Å². The number of hydrogen-bond donors (Lipinski definition) is 0. The van der Waals surface area contributed by atoms with Crippen LogP contribution >= 0.6 is 0 Å². The number of anilines is 1. The van der Waals surface area contributed by atoms with Gasteiger partial charge in [-0.05, 0) is 43.7 Å². The molecule has 2 aromatic rings. The molecule has 1 aliphatic carbocycles. The SMILES string of the molecule is CCOC(=O)c1cn(Cc2ccc(N3CC4CC4C3)nc2C)nc1COC. The van der Waals surface area contributed by atoms with Crippen molar-refractivity contribution in [1.82, 2.24) is 14.8 Å². The minimum Gasteiger partial charge on any atom is -0.462 e. The highest BCUT2D eigenvalue weighted by Gasteiger charge is 2.45. The molecular weight excluding hydrogens is 344 g/mol. The fraction of sp³-hybridized carbons (Fsp3) is 0.550. The van der Waals surface area contributed by atoms with E-state index in [0.717, 1.165) is 42.0 Å². The Bertz CT molecular complexity index is 838. The van der Waals surface area contributed by atoms with Gasteiger partial charge in [-0.2, -0.15) is 5.10 Å². The molecule has 2 aromatic heterocycles. The van der Waals surface area contributed by atoms with Gasteiger partial charge in [0.1, 0.15) is 17.1 Å². The molecule has 3 heterocycles. The molecule has 0 radical (unpaired) electrons. The Morgan fingerprint density at radius 3 is 2.74 bits per heavy atom. The molecule has 2 atom stereocenters. The molecule has 2 fully saturated rings. The molecule has 7 heteroatoms. The molecule has 7 nitrogen and oxygen atoms in total. The average Bonchev–Trinajstić information content (AvgIpc) is 3.06. The van der Waals surface area contributed by atoms with Crippen LogP contribution in [0.1, 0.15) is 40.7 Å². The van der Waals surface area contributed by atoms with E-state index >= 15 is 0 Å². The number of fused-ring (bicyclic) bond motifs is 1. The fourth-order valence-electron chi connectivity index (χ4n) is 3.84. The van der Waals surface area contributed by atoms with Gasteiger partial charge in [0.15, 0.2) is 0 Å². The molecule has 0 aromatic carbocycles. The Kier molecular flexibility index (Phi) is 4.86. The van der Waals surface area contributed by atoms with E-state index < -0.39 is 0 Å². The zero-order valence-corrected chi connectivity index (χ0v) is 16.1. The van der Waals surface area contributed by atoms with Gasteiger partial charge in [-0.3, -0.25) is 4.68 Å². The third kappa shape index (κ3) is 3.69. The first-order chi connectivity index (χ1) is 13.1. The van der Waals surface area contributed by atoms with Gasteiger partial charge < -0.3 is 14.4 Å². The standard InChI is InChI=1S/C20H26N4O3/c1-4-27-20(25)17-11-24(22-18(17)12-26-3)10-14-5-6-19(21-13(14)2)23-8-15-7-16(15)9-23/h5-6,11,15-16H,4,7-10,12H2,1-3H3. The molecule has 0 spiro atoms. The van der Waals surface area contributed by atoms with Gasteiger partial charge in [-0.25, -0.2) is 9.78 Å². The summed E-state index contributed by atoms with van der Waals surface area (Å²) in [5.74, 6) is 2.47. The summed E-state index contributed by atoms with van der Waals surface area (Å²) in [4.78, 5) is 19.3. The van der Waals surface area contributed by atoms with Gasteiger partial charge in [0, 0.05) is 32.1 Å². The Morgan fingerprint density at radius 2 is 2.07 bits per heavy atom. The third-order valence-corrected chi connectivity index (χ3v) is 5.43. The van der Waals surface area contributed by atoms with Crippen LogP contribution in [0.25, 0.3) is 0 Å². The summed E-state index contributed by atoms with van der Waals surface area (Å²) >= 11 is 0. The lowest BCUT2D eigenvalue weighted by atomic mass is 10.2. The number of esters is 1. The average molecular weight is 370 g/mol. The van der Waals surface area contributed by atoms with Gasteiger partial charge in [-0.1, -0.05) is 6.07 Å². The van der Waals surface area contributed by atoms with Gasteiger partial charge in [-0.15, -0.1) is 0 Å². The number of carbonyl (C=O) groups is 1. The van der Waals surface area contributed by atoms with Crippen LogP contribution in [0.5, 0.6) is 0 Å². The van der Waals surface area contributed by atoms with Crippen LogP contribution in [0.3, 0.4) is 0 Å². The zero-order valence-electron chi connectivity index (χ0n) is 16.1. The highest BCUT2D eigenvalue weighted by atomic mass is 16.5. The topological polar surface area (TPSA) is 69.5 Å². The first-order valence-corrected chi connectivity index (χ1v) is 9.53.